The average Bonchev–Trinajstić information content (AvgIpc) is 3.24. The van der Waals surface area contributed by atoms with E-state index < -0.39 is 0 Å². The normalized spacial score (nSPS) is 16.9. The van der Waals surface area contributed by atoms with Gasteiger partial charge in [-0.1, -0.05) is 24.3 Å². The first kappa shape index (κ1) is 23.7. The van der Waals surface area contributed by atoms with Crippen LogP contribution in [0.2, 0.25) is 0 Å². The molecule has 0 atom stereocenters. The highest BCUT2D eigenvalue weighted by molar-refractivity contribution is 5.95. The number of fused-ring (bicyclic) bond motifs is 2. The fourth-order valence-electron chi connectivity index (χ4n) is 5.66. The Morgan fingerprint density at radius 3 is 2.70 bits per heavy atom. The minimum atomic E-state index is -0.348. The lowest BCUT2D eigenvalue weighted by Gasteiger charge is -2.25. The smallest absolute Gasteiger partial charge is 0.227 e. The predicted molar refractivity (Wildman–Crippen MR) is 144 cm³/mol. The molecule has 2 aliphatic rings. The first-order valence-corrected chi connectivity index (χ1v) is 12.8. The van der Waals surface area contributed by atoms with Crippen molar-refractivity contribution in [3.8, 4) is 22.6 Å². The topological polar surface area (TPSA) is 68.3 Å². The zero-order valence-electron chi connectivity index (χ0n) is 21.4. The fourth-order valence-corrected chi connectivity index (χ4v) is 5.66. The maximum Gasteiger partial charge on any atom is 0.227 e. The van der Waals surface area contributed by atoms with E-state index in [4.69, 9.17) is 14.5 Å². The Labute approximate surface area is 216 Å². The molecule has 6 rings (SSSR count). The molecule has 0 spiro atoms. The van der Waals surface area contributed by atoms with Crippen LogP contribution < -0.4 is 20.1 Å². The van der Waals surface area contributed by atoms with Gasteiger partial charge in [0.2, 0.25) is 5.95 Å². The fraction of sp³-hybridized carbons (Fsp3) is 0.333. The van der Waals surface area contributed by atoms with Crippen molar-refractivity contribution in [3.63, 3.8) is 0 Å². The van der Waals surface area contributed by atoms with Crippen molar-refractivity contribution in [2.24, 2.45) is 0 Å². The standard InChI is InChI=1S/C30H31FN4O2/c1-30(2)16-24-21(18-10-12-32-13-11-18)8-9-25(28(24)37-30)34-29-33-17-19-14-20(31)15-23(27(19)35-29)22-6-4-5-7-26(22)36-3/h4-9,14-15,17-18,32H,10-13,16H2,1-3H3,(H,33,34,35). The first-order chi connectivity index (χ1) is 17.9. The van der Waals surface area contributed by atoms with E-state index in [1.165, 1.54) is 23.3 Å². The van der Waals surface area contributed by atoms with Gasteiger partial charge in [-0.15, -0.1) is 0 Å². The predicted octanol–water partition coefficient (Wildman–Crippen LogP) is 6.37. The maximum absolute atomic E-state index is 14.5. The lowest BCUT2D eigenvalue weighted by Crippen LogP contribution is -2.27. The Bertz CT molecular complexity index is 1480. The van der Waals surface area contributed by atoms with E-state index in [0.29, 0.717) is 34.1 Å². The van der Waals surface area contributed by atoms with Gasteiger partial charge in [-0.25, -0.2) is 14.4 Å². The second-order valence-corrected chi connectivity index (χ2v) is 10.5. The lowest BCUT2D eigenvalue weighted by molar-refractivity contribution is 0.139. The number of hydrogen-bond donors (Lipinski definition) is 2. The molecule has 0 bridgehead atoms. The zero-order valence-corrected chi connectivity index (χ0v) is 21.4. The molecule has 0 aliphatic carbocycles. The molecular weight excluding hydrogens is 467 g/mol. The van der Waals surface area contributed by atoms with E-state index in [0.717, 1.165) is 49.4 Å². The average molecular weight is 499 g/mol. The van der Waals surface area contributed by atoms with Crippen LogP contribution in [0.4, 0.5) is 16.0 Å². The minimum absolute atomic E-state index is 0.277. The summed E-state index contributed by atoms with van der Waals surface area (Å²) < 4.78 is 26.5. The molecule has 7 heteroatoms. The van der Waals surface area contributed by atoms with Crippen molar-refractivity contribution in [2.45, 2.75) is 44.6 Å². The highest BCUT2D eigenvalue weighted by Crippen LogP contribution is 2.46. The number of halogens is 1. The van der Waals surface area contributed by atoms with Crippen molar-refractivity contribution >= 4 is 22.5 Å². The Morgan fingerprint density at radius 2 is 1.89 bits per heavy atom. The van der Waals surface area contributed by atoms with Gasteiger partial charge in [0.25, 0.3) is 0 Å². The van der Waals surface area contributed by atoms with Gasteiger partial charge in [-0.3, -0.25) is 0 Å². The van der Waals surface area contributed by atoms with E-state index in [1.54, 1.807) is 13.3 Å². The quantitative estimate of drug-likeness (QED) is 0.333. The van der Waals surface area contributed by atoms with Crippen LogP contribution in [0.5, 0.6) is 11.5 Å². The molecule has 3 aromatic carbocycles. The van der Waals surface area contributed by atoms with Crippen LogP contribution in [-0.4, -0.2) is 35.8 Å². The summed E-state index contributed by atoms with van der Waals surface area (Å²) in [5.41, 5.74) is 5.31. The minimum Gasteiger partial charge on any atom is -0.496 e. The highest BCUT2D eigenvalue weighted by Gasteiger charge is 2.35. The SMILES string of the molecule is COc1ccccc1-c1cc(F)cc2cnc(Nc3ccc(C4CCNCC4)c4c3OC(C)(C)C4)nc12. The molecule has 37 heavy (non-hydrogen) atoms. The van der Waals surface area contributed by atoms with Gasteiger partial charge < -0.3 is 20.1 Å². The van der Waals surface area contributed by atoms with Gasteiger partial charge in [0, 0.05) is 34.7 Å². The number of nitrogens with zero attached hydrogens (tertiary/aromatic N) is 2. The van der Waals surface area contributed by atoms with Crippen molar-refractivity contribution in [2.75, 3.05) is 25.5 Å². The molecule has 0 radical (unpaired) electrons. The molecule has 0 saturated carbocycles. The van der Waals surface area contributed by atoms with Gasteiger partial charge in [-0.2, -0.15) is 0 Å². The van der Waals surface area contributed by atoms with Crippen molar-refractivity contribution in [3.05, 3.63) is 71.7 Å². The molecule has 6 nitrogen and oxygen atoms in total. The molecule has 2 N–H and O–H groups in total. The van der Waals surface area contributed by atoms with E-state index in [9.17, 15) is 4.39 Å². The summed E-state index contributed by atoms with van der Waals surface area (Å²) in [6, 6.07) is 14.8. The number of nitrogens with one attached hydrogen (secondary N) is 2. The van der Waals surface area contributed by atoms with Crippen molar-refractivity contribution in [1.29, 1.82) is 0 Å². The van der Waals surface area contributed by atoms with Crippen LogP contribution in [0.15, 0.2) is 54.7 Å². The molecule has 4 aromatic rings. The second-order valence-electron chi connectivity index (χ2n) is 10.5. The zero-order chi connectivity index (χ0) is 25.6. The summed E-state index contributed by atoms with van der Waals surface area (Å²) in [6.45, 7) is 6.35. The van der Waals surface area contributed by atoms with Gasteiger partial charge in [0.15, 0.2) is 0 Å². The molecule has 1 aromatic heterocycles. The third-order valence-corrected chi connectivity index (χ3v) is 7.35. The number of para-hydroxylation sites is 1. The van der Waals surface area contributed by atoms with Gasteiger partial charge in [-0.05, 0) is 75.5 Å². The van der Waals surface area contributed by atoms with E-state index in [2.05, 4.69) is 41.6 Å². The van der Waals surface area contributed by atoms with Crippen LogP contribution in [0.25, 0.3) is 22.0 Å². The molecular formula is C30H31FN4O2. The Kier molecular flexibility index (Phi) is 5.95. The highest BCUT2D eigenvalue weighted by atomic mass is 19.1. The largest absolute Gasteiger partial charge is 0.496 e. The Morgan fingerprint density at radius 1 is 1.08 bits per heavy atom. The number of benzene rings is 3. The summed E-state index contributed by atoms with van der Waals surface area (Å²) in [6.07, 6.45) is 4.79. The maximum atomic E-state index is 14.5. The number of hydrogen-bond acceptors (Lipinski definition) is 6. The van der Waals surface area contributed by atoms with Crippen LogP contribution >= 0.6 is 0 Å². The van der Waals surface area contributed by atoms with E-state index in [1.807, 2.05) is 24.3 Å². The van der Waals surface area contributed by atoms with E-state index in [-0.39, 0.29) is 11.4 Å². The van der Waals surface area contributed by atoms with Gasteiger partial charge >= 0.3 is 0 Å². The van der Waals surface area contributed by atoms with Crippen LogP contribution in [-0.2, 0) is 6.42 Å². The molecule has 0 unspecified atom stereocenters. The molecule has 3 heterocycles. The number of methoxy groups -OCH3 is 1. The van der Waals surface area contributed by atoms with Crippen molar-refractivity contribution in [1.82, 2.24) is 15.3 Å². The van der Waals surface area contributed by atoms with Gasteiger partial charge in [0.05, 0.1) is 18.3 Å². The summed E-state index contributed by atoms with van der Waals surface area (Å²) >= 11 is 0. The monoisotopic (exact) mass is 498 g/mol. The van der Waals surface area contributed by atoms with E-state index >= 15 is 0 Å². The van der Waals surface area contributed by atoms with Crippen LogP contribution in [0, 0.1) is 5.82 Å². The molecule has 190 valence electrons. The Hall–Kier alpha value is -3.71. The summed E-state index contributed by atoms with van der Waals surface area (Å²) in [7, 11) is 1.61. The summed E-state index contributed by atoms with van der Waals surface area (Å²) in [5.74, 6) is 2.16. The van der Waals surface area contributed by atoms with Crippen molar-refractivity contribution < 1.29 is 13.9 Å². The lowest BCUT2D eigenvalue weighted by atomic mass is 9.84. The summed E-state index contributed by atoms with van der Waals surface area (Å²) in [5, 5.41) is 7.48. The number of anilines is 2. The number of rotatable bonds is 5. The molecule has 1 saturated heterocycles. The third-order valence-electron chi connectivity index (χ3n) is 7.35. The number of aromatic nitrogens is 2. The summed E-state index contributed by atoms with van der Waals surface area (Å²) in [4.78, 5) is 9.34. The molecule has 0 amide bonds. The van der Waals surface area contributed by atoms with Crippen LogP contribution in [0.3, 0.4) is 0 Å². The molecule has 2 aliphatic heterocycles. The Balaban J connectivity index is 1.41. The third kappa shape index (κ3) is 4.48. The number of ether oxygens (including phenoxy) is 2. The number of piperidine rings is 1. The molecule has 1 fully saturated rings. The van der Waals surface area contributed by atoms with Crippen LogP contribution in [0.1, 0.15) is 43.7 Å². The van der Waals surface area contributed by atoms with Gasteiger partial charge in [0.1, 0.15) is 22.9 Å². The first-order valence-electron chi connectivity index (χ1n) is 12.8. The second kappa shape index (κ2) is 9.30.